The lowest BCUT2D eigenvalue weighted by molar-refractivity contribution is 0.0697. The number of nitrogens with one attached hydrogen (secondary N) is 1. The number of amides is 1. The molecule has 2 aromatic carbocycles. The van der Waals surface area contributed by atoms with Crippen LogP contribution in [0, 0.1) is 5.82 Å². The molecule has 8 heteroatoms. The summed E-state index contributed by atoms with van der Waals surface area (Å²) in [6, 6.07) is 8.44. The fourth-order valence-corrected chi connectivity index (χ4v) is 2.83. The van der Waals surface area contributed by atoms with Gasteiger partial charge in [-0.1, -0.05) is 24.2 Å². The molecule has 27 heavy (non-hydrogen) atoms. The molecule has 0 radical (unpaired) electrons. The zero-order valence-electron chi connectivity index (χ0n) is 14.6. The highest BCUT2D eigenvalue weighted by Crippen LogP contribution is 2.41. The highest BCUT2D eigenvalue weighted by atomic mass is 19.1. The lowest BCUT2D eigenvalue weighted by atomic mass is 9.96. The van der Waals surface area contributed by atoms with Crippen LogP contribution < -0.4 is 10.2 Å². The van der Waals surface area contributed by atoms with Gasteiger partial charge in [0.2, 0.25) is 0 Å². The van der Waals surface area contributed by atoms with Crippen molar-refractivity contribution in [2.24, 2.45) is 0 Å². The topological polar surface area (TPSA) is 105 Å². The summed E-state index contributed by atoms with van der Waals surface area (Å²) in [5.74, 6) is -0.872. The van der Waals surface area contributed by atoms with Gasteiger partial charge in [0.05, 0.1) is 18.2 Å². The number of aromatic hydroxyl groups is 1. The number of aryl methyl sites for hydroxylation is 1. The number of rotatable bonds is 5. The van der Waals surface area contributed by atoms with E-state index in [1.54, 1.807) is 6.07 Å². The average Bonchev–Trinajstić information content (AvgIpc) is 3.12. The number of aromatic nitrogens is 1. The van der Waals surface area contributed by atoms with Crippen LogP contribution in [0.25, 0.3) is 22.5 Å². The summed E-state index contributed by atoms with van der Waals surface area (Å²) >= 11 is 0. The summed E-state index contributed by atoms with van der Waals surface area (Å²) in [5.41, 5.74) is 3.04. The minimum Gasteiger partial charge on any atom is -0.507 e. The first-order valence-electron chi connectivity index (χ1n) is 8.10. The van der Waals surface area contributed by atoms with E-state index in [1.807, 2.05) is 6.92 Å². The van der Waals surface area contributed by atoms with Gasteiger partial charge in [-0.25, -0.2) is 9.87 Å². The van der Waals surface area contributed by atoms with Crippen LogP contribution >= 0.6 is 0 Å². The number of hydrogen-bond acceptors (Lipinski definition) is 6. The SMILES string of the molecule is CCc1cc(-c2onc(C(=O)NO)c2-c2ccc(F)cc2)c(O)cc1OC. The number of methoxy groups -OCH3 is 1. The number of phenols is 1. The third kappa shape index (κ3) is 3.34. The van der Waals surface area contributed by atoms with Crippen LogP contribution in [0.1, 0.15) is 23.0 Å². The molecule has 1 aromatic heterocycles. The molecular weight excluding hydrogens is 355 g/mol. The molecule has 0 aliphatic carbocycles. The maximum Gasteiger partial charge on any atom is 0.297 e. The summed E-state index contributed by atoms with van der Waals surface area (Å²) in [4.78, 5) is 12.0. The zero-order chi connectivity index (χ0) is 19.6. The fraction of sp³-hybridized carbons (Fsp3) is 0.158. The monoisotopic (exact) mass is 372 g/mol. The molecule has 7 nitrogen and oxygen atoms in total. The number of nitrogens with zero attached hydrogens (tertiary/aromatic N) is 1. The van der Waals surface area contributed by atoms with Gasteiger partial charge in [0.15, 0.2) is 11.5 Å². The molecule has 0 bridgehead atoms. The second-order valence-electron chi connectivity index (χ2n) is 5.72. The fourth-order valence-electron chi connectivity index (χ4n) is 2.83. The van der Waals surface area contributed by atoms with Crippen molar-refractivity contribution in [2.75, 3.05) is 7.11 Å². The first-order valence-corrected chi connectivity index (χ1v) is 8.10. The molecule has 3 N–H and O–H groups in total. The van der Waals surface area contributed by atoms with Crippen LogP contribution in [0.2, 0.25) is 0 Å². The Labute approximate surface area is 154 Å². The van der Waals surface area contributed by atoms with Crippen LogP contribution in [-0.4, -0.2) is 28.5 Å². The van der Waals surface area contributed by atoms with E-state index in [4.69, 9.17) is 14.5 Å². The molecule has 0 spiro atoms. The second kappa shape index (κ2) is 7.46. The van der Waals surface area contributed by atoms with Crippen molar-refractivity contribution < 1.29 is 28.8 Å². The minimum absolute atomic E-state index is 0.107. The maximum absolute atomic E-state index is 13.3. The Hall–Kier alpha value is -3.39. The van der Waals surface area contributed by atoms with E-state index in [2.05, 4.69) is 5.16 Å². The summed E-state index contributed by atoms with van der Waals surface area (Å²) in [6.07, 6.45) is 0.625. The highest BCUT2D eigenvalue weighted by Gasteiger charge is 2.26. The van der Waals surface area contributed by atoms with E-state index in [0.717, 1.165) is 5.56 Å². The standard InChI is InChI=1S/C19H17FN2O5/c1-3-10-8-13(14(23)9-15(10)26-2)18-16(11-4-6-12(20)7-5-11)17(22-27-18)19(24)21-25/h4-9,23,25H,3H2,1-2H3,(H,21,24). The Morgan fingerprint density at radius 3 is 2.59 bits per heavy atom. The van der Waals surface area contributed by atoms with Crippen molar-refractivity contribution in [2.45, 2.75) is 13.3 Å². The third-order valence-corrected chi connectivity index (χ3v) is 4.17. The van der Waals surface area contributed by atoms with Crippen molar-refractivity contribution in [3.63, 3.8) is 0 Å². The largest absolute Gasteiger partial charge is 0.507 e. The van der Waals surface area contributed by atoms with Gasteiger partial charge < -0.3 is 14.4 Å². The van der Waals surface area contributed by atoms with Crippen molar-refractivity contribution in [1.82, 2.24) is 10.6 Å². The molecule has 0 fully saturated rings. The molecule has 3 aromatic rings. The van der Waals surface area contributed by atoms with Crippen molar-refractivity contribution >= 4 is 5.91 Å². The molecule has 1 heterocycles. The number of ether oxygens (including phenoxy) is 1. The number of phenolic OH excluding ortho intramolecular Hbond substituents is 1. The van der Waals surface area contributed by atoms with Gasteiger partial charge in [-0.05, 0) is 35.7 Å². The van der Waals surface area contributed by atoms with Gasteiger partial charge in [-0.2, -0.15) is 0 Å². The van der Waals surface area contributed by atoms with Gasteiger partial charge >= 0.3 is 0 Å². The quantitative estimate of drug-likeness (QED) is 0.467. The van der Waals surface area contributed by atoms with Crippen LogP contribution in [0.15, 0.2) is 40.9 Å². The molecule has 0 saturated carbocycles. The second-order valence-corrected chi connectivity index (χ2v) is 5.72. The smallest absolute Gasteiger partial charge is 0.297 e. The number of carbonyl (C=O) groups excluding carboxylic acids is 1. The van der Waals surface area contributed by atoms with E-state index in [9.17, 15) is 14.3 Å². The van der Waals surface area contributed by atoms with Gasteiger partial charge in [0.1, 0.15) is 17.3 Å². The van der Waals surface area contributed by atoms with Crippen molar-refractivity contribution in [3.05, 3.63) is 53.5 Å². The summed E-state index contributed by atoms with van der Waals surface area (Å²) in [5, 5.41) is 23.1. The maximum atomic E-state index is 13.3. The van der Waals surface area contributed by atoms with Crippen molar-refractivity contribution in [3.8, 4) is 33.9 Å². The molecule has 1 amide bonds. The Morgan fingerprint density at radius 1 is 1.30 bits per heavy atom. The molecule has 3 rings (SSSR count). The zero-order valence-corrected chi connectivity index (χ0v) is 14.6. The predicted octanol–water partition coefficient (Wildman–Crippen LogP) is 3.54. The molecule has 0 aliphatic heterocycles. The number of benzene rings is 2. The van der Waals surface area contributed by atoms with Crippen molar-refractivity contribution in [1.29, 1.82) is 0 Å². The Morgan fingerprint density at radius 2 is 2.00 bits per heavy atom. The Kier molecular flexibility index (Phi) is 5.09. The molecular formula is C19H17FN2O5. The normalized spacial score (nSPS) is 10.7. The predicted molar refractivity (Wildman–Crippen MR) is 94.2 cm³/mol. The average molecular weight is 372 g/mol. The van der Waals surface area contributed by atoms with Gasteiger partial charge in [0, 0.05) is 6.07 Å². The van der Waals surface area contributed by atoms with E-state index >= 15 is 0 Å². The first-order chi connectivity index (χ1) is 13.0. The van der Waals surface area contributed by atoms with Crippen LogP contribution in [0.3, 0.4) is 0 Å². The van der Waals surface area contributed by atoms with E-state index in [0.29, 0.717) is 17.7 Å². The summed E-state index contributed by atoms with van der Waals surface area (Å²) in [7, 11) is 1.50. The molecule has 0 atom stereocenters. The van der Waals surface area contributed by atoms with E-state index < -0.39 is 11.7 Å². The number of hydrogen-bond donors (Lipinski definition) is 3. The molecule has 0 saturated heterocycles. The van der Waals surface area contributed by atoms with Crippen LogP contribution in [-0.2, 0) is 6.42 Å². The molecule has 140 valence electrons. The highest BCUT2D eigenvalue weighted by molar-refractivity contribution is 6.02. The van der Waals surface area contributed by atoms with E-state index in [-0.39, 0.29) is 28.3 Å². The van der Waals surface area contributed by atoms with Gasteiger partial charge in [0.25, 0.3) is 5.91 Å². The first kappa shape index (κ1) is 18.4. The minimum atomic E-state index is -0.895. The third-order valence-electron chi connectivity index (χ3n) is 4.17. The van der Waals surface area contributed by atoms with Gasteiger partial charge in [-0.15, -0.1) is 0 Å². The van der Waals surface area contributed by atoms with E-state index in [1.165, 1.54) is 42.9 Å². The Balaban J connectivity index is 2.27. The lowest BCUT2D eigenvalue weighted by Gasteiger charge is -2.11. The molecule has 0 aliphatic rings. The lowest BCUT2D eigenvalue weighted by Crippen LogP contribution is -2.19. The Bertz CT molecular complexity index is 983. The number of carbonyl (C=O) groups is 1. The summed E-state index contributed by atoms with van der Waals surface area (Å²) in [6.45, 7) is 1.92. The number of hydroxylamine groups is 1. The molecule has 0 unspecified atom stereocenters. The van der Waals surface area contributed by atoms with Crippen LogP contribution in [0.4, 0.5) is 4.39 Å². The summed E-state index contributed by atoms with van der Waals surface area (Å²) < 4.78 is 23.9. The van der Waals surface area contributed by atoms with Crippen LogP contribution in [0.5, 0.6) is 11.5 Å². The number of halogens is 1. The van der Waals surface area contributed by atoms with Gasteiger partial charge in [-0.3, -0.25) is 10.0 Å².